The van der Waals surface area contributed by atoms with Crippen LogP contribution in [0.2, 0.25) is 0 Å². The van der Waals surface area contributed by atoms with E-state index in [1.807, 2.05) is 12.3 Å². The second-order valence-electron chi connectivity index (χ2n) is 5.19. The molecule has 94 valence electrons. The van der Waals surface area contributed by atoms with Gasteiger partial charge < -0.3 is 10.6 Å². The van der Waals surface area contributed by atoms with Crippen molar-refractivity contribution in [1.82, 2.24) is 4.98 Å². The van der Waals surface area contributed by atoms with Gasteiger partial charge >= 0.3 is 0 Å². The van der Waals surface area contributed by atoms with Crippen molar-refractivity contribution in [3.63, 3.8) is 0 Å². The van der Waals surface area contributed by atoms with E-state index in [2.05, 4.69) is 41.1 Å². The van der Waals surface area contributed by atoms with Gasteiger partial charge in [-0.15, -0.1) is 0 Å². The van der Waals surface area contributed by atoms with Gasteiger partial charge in [-0.2, -0.15) is 0 Å². The van der Waals surface area contributed by atoms with Crippen LogP contribution in [-0.2, 0) is 0 Å². The molecule has 3 rings (SSSR count). The Balaban J connectivity index is 2.04. The number of pyridine rings is 1. The first-order valence-corrected chi connectivity index (χ1v) is 6.60. The van der Waals surface area contributed by atoms with Crippen LogP contribution >= 0.6 is 0 Å². The summed E-state index contributed by atoms with van der Waals surface area (Å²) in [4.78, 5) is 6.90. The molecule has 0 radical (unpaired) electrons. The Morgan fingerprint density at radius 1 is 1.33 bits per heavy atom. The highest BCUT2D eigenvalue weighted by Crippen LogP contribution is 2.32. The number of nitrogens with two attached hydrogens (primary N) is 1. The van der Waals surface area contributed by atoms with E-state index < -0.39 is 0 Å². The van der Waals surface area contributed by atoms with Crippen LogP contribution in [0.3, 0.4) is 0 Å². The lowest BCUT2D eigenvalue weighted by Crippen LogP contribution is -2.27. The fourth-order valence-electron chi connectivity index (χ4n) is 2.98. The molecular weight excluding hydrogens is 222 g/mol. The van der Waals surface area contributed by atoms with E-state index in [0.29, 0.717) is 12.0 Å². The van der Waals surface area contributed by atoms with Crippen molar-refractivity contribution in [2.24, 2.45) is 11.7 Å². The maximum absolute atomic E-state index is 5.81. The summed E-state index contributed by atoms with van der Waals surface area (Å²) in [5.41, 5.74) is 8.17. The van der Waals surface area contributed by atoms with Crippen molar-refractivity contribution in [3.05, 3.63) is 36.5 Å². The first-order chi connectivity index (χ1) is 8.79. The second-order valence-corrected chi connectivity index (χ2v) is 5.19. The number of hydrogen-bond donors (Lipinski definition) is 1. The van der Waals surface area contributed by atoms with Gasteiger partial charge in [-0.1, -0.05) is 18.2 Å². The SMILES string of the molecule is CC1CC(CN)CN1c1ccnc2ccccc12. The van der Waals surface area contributed by atoms with E-state index in [9.17, 15) is 0 Å². The molecule has 2 unspecified atom stereocenters. The van der Waals surface area contributed by atoms with E-state index in [1.165, 1.54) is 17.5 Å². The highest BCUT2D eigenvalue weighted by molar-refractivity contribution is 5.91. The van der Waals surface area contributed by atoms with Gasteiger partial charge in [0.2, 0.25) is 0 Å². The average molecular weight is 241 g/mol. The normalized spacial score (nSPS) is 23.8. The van der Waals surface area contributed by atoms with Crippen molar-refractivity contribution in [3.8, 4) is 0 Å². The topological polar surface area (TPSA) is 42.1 Å². The van der Waals surface area contributed by atoms with Gasteiger partial charge in [0.05, 0.1) is 5.52 Å². The lowest BCUT2D eigenvalue weighted by atomic mass is 10.1. The summed E-state index contributed by atoms with van der Waals surface area (Å²) in [6.45, 7) is 4.13. The lowest BCUT2D eigenvalue weighted by Gasteiger charge is -2.25. The van der Waals surface area contributed by atoms with Gasteiger partial charge in [0, 0.05) is 29.9 Å². The van der Waals surface area contributed by atoms with Gasteiger partial charge in [0.25, 0.3) is 0 Å². The number of fused-ring (bicyclic) bond motifs is 1. The fourth-order valence-corrected chi connectivity index (χ4v) is 2.98. The number of hydrogen-bond acceptors (Lipinski definition) is 3. The number of para-hydroxylation sites is 1. The third-order valence-electron chi connectivity index (χ3n) is 3.93. The fraction of sp³-hybridized carbons (Fsp3) is 0.400. The molecule has 1 aliphatic rings. The van der Waals surface area contributed by atoms with Gasteiger partial charge in [0.1, 0.15) is 0 Å². The molecule has 1 aromatic carbocycles. The molecule has 0 spiro atoms. The summed E-state index contributed by atoms with van der Waals surface area (Å²) in [6.07, 6.45) is 3.09. The molecule has 3 nitrogen and oxygen atoms in total. The minimum absolute atomic E-state index is 0.560. The van der Waals surface area contributed by atoms with Crippen LogP contribution in [0.4, 0.5) is 5.69 Å². The average Bonchev–Trinajstić information content (AvgIpc) is 2.79. The van der Waals surface area contributed by atoms with E-state index in [1.54, 1.807) is 0 Å². The minimum atomic E-state index is 0.560. The largest absolute Gasteiger partial charge is 0.368 e. The minimum Gasteiger partial charge on any atom is -0.368 e. The van der Waals surface area contributed by atoms with Crippen molar-refractivity contribution in [2.45, 2.75) is 19.4 Å². The van der Waals surface area contributed by atoms with Crippen molar-refractivity contribution in [1.29, 1.82) is 0 Å². The summed E-state index contributed by atoms with van der Waals surface area (Å²) in [5, 5.41) is 1.24. The Hall–Kier alpha value is -1.61. The molecule has 0 saturated carbocycles. The summed E-state index contributed by atoms with van der Waals surface area (Å²) in [6, 6.07) is 11.0. The van der Waals surface area contributed by atoms with Crippen molar-refractivity contribution in [2.75, 3.05) is 18.0 Å². The molecule has 2 heterocycles. The van der Waals surface area contributed by atoms with Gasteiger partial charge in [-0.3, -0.25) is 4.98 Å². The Morgan fingerprint density at radius 2 is 2.17 bits per heavy atom. The zero-order valence-corrected chi connectivity index (χ0v) is 10.7. The lowest BCUT2D eigenvalue weighted by molar-refractivity contribution is 0.579. The molecule has 2 N–H and O–H groups in total. The van der Waals surface area contributed by atoms with E-state index in [4.69, 9.17) is 5.73 Å². The van der Waals surface area contributed by atoms with Gasteiger partial charge in [-0.05, 0) is 37.9 Å². The molecule has 0 bridgehead atoms. The summed E-state index contributed by atoms with van der Waals surface area (Å²) in [5.74, 6) is 0.618. The monoisotopic (exact) mass is 241 g/mol. The van der Waals surface area contributed by atoms with E-state index in [0.717, 1.165) is 18.6 Å². The molecule has 2 aromatic rings. The molecule has 3 heteroatoms. The van der Waals surface area contributed by atoms with E-state index >= 15 is 0 Å². The zero-order valence-electron chi connectivity index (χ0n) is 10.7. The smallest absolute Gasteiger partial charge is 0.0722 e. The summed E-state index contributed by atoms with van der Waals surface area (Å²) >= 11 is 0. The number of anilines is 1. The maximum atomic E-state index is 5.81. The van der Waals surface area contributed by atoms with Crippen LogP contribution in [0.1, 0.15) is 13.3 Å². The highest BCUT2D eigenvalue weighted by Gasteiger charge is 2.28. The van der Waals surface area contributed by atoms with E-state index in [-0.39, 0.29) is 0 Å². The predicted octanol–water partition coefficient (Wildman–Crippen LogP) is 2.41. The Labute approximate surface area is 108 Å². The quantitative estimate of drug-likeness (QED) is 0.878. The molecular formula is C15H19N3. The number of nitrogens with zero attached hydrogens (tertiary/aromatic N) is 2. The van der Waals surface area contributed by atoms with Crippen LogP contribution in [0, 0.1) is 5.92 Å². The van der Waals surface area contributed by atoms with Crippen LogP contribution < -0.4 is 10.6 Å². The molecule has 1 fully saturated rings. The summed E-state index contributed by atoms with van der Waals surface area (Å²) < 4.78 is 0. The molecule has 1 aliphatic heterocycles. The van der Waals surface area contributed by atoms with Crippen LogP contribution in [0.5, 0.6) is 0 Å². The van der Waals surface area contributed by atoms with Gasteiger partial charge in [-0.25, -0.2) is 0 Å². The predicted molar refractivity (Wildman–Crippen MR) is 75.7 cm³/mol. The second kappa shape index (κ2) is 4.58. The molecule has 0 aliphatic carbocycles. The highest BCUT2D eigenvalue weighted by atomic mass is 15.2. The van der Waals surface area contributed by atoms with Crippen LogP contribution in [-0.4, -0.2) is 24.1 Å². The van der Waals surface area contributed by atoms with Gasteiger partial charge in [0.15, 0.2) is 0 Å². The maximum Gasteiger partial charge on any atom is 0.0722 e. The Bertz CT molecular complexity index is 547. The number of benzene rings is 1. The molecule has 0 amide bonds. The molecule has 18 heavy (non-hydrogen) atoms. The first-order valence-electron chi connectivity index (χ1n) is 6.60. The Morgan fingerprint density at radius 3 is 2.94 bits per heavy atom. The third kappa shape index (κ3) is 1.85. The number of rotatable bonds is 2. The molecule has 1 saturated heterocycles. The first kappa shape index (κ1) is 11.5. The number of aromatic nitrogens is 1. The molecule has 2 atom stereocenters. The zero-order chi connectivity index (χ0) is 12.5. The van der Waals surface area contributed by atoms with Crippen LogP contribution in [0.25, 0.3) is 10.9 Å². The molecule has 1 aromatic heterocycles. The van der Waals surface area contributed by atoms with Crippen molar-refractivity contribution < 1.29 is 0 Å². The Kier molecular flexibility index (Phi) is 2.92. The summed E-state index contributed by atoms with van der Waals surface area (Å²) in [7, 11) is 0. The standard InChI is InChI=1S/C15H19N3/c1-11-8-12(9-16)10-18(11)15-6-7-17-14-5-3-2-4-13(14)15/h2-7,11-12H,8-10,16H2,1H3. The third-order valence-corrected chi connectivity index (χ3v) is 3.93. The van der Waals surface area contributed by atoms with Crippen LogP contribution in [0.15, 0.2) is 36.5 Å². The van der Waals surface area contributed by atoms with Crippen molar-refractivity contribution >= 4 is 16.6 Å².